The van der Waals surface area contributed by atoms with Gasteiger partial charge in [0.2, 0.25) is 0 Å². The highest BCUT2D eigenvalue weighted by atomic mass is 35.5. The molecule has 2 aromatic carbocycles. The first kappa shape index (κ1) is 17.8. The Labute approximate surface area is 156 Å². The Kier molecular flexibility index (Phi) is 5.30. The van der Waals surface area contributed by atoms with Gasteiger partial charge in [-0.2, -0.15) is 0 Å². The van der Waals surface area contributed by atoms with Gasteiger partial charge in [0.1, 0.15) is 0 Å². The standard InChI is InChI=1S/C19H17Cl2NO3/c1-12(25-19(24)14-8-4-9-15(20)17(14)21)18(23)22-11-5-7-13-6-2-3-10-16(13)22/h2-4,6,8-10,12H,5,7,11H2,1H3/t12-/m1/s1. The Morgan fingerprint density at radius 1 is 1.12 bits per heavy atom. The third-order valence-electron chi connectivity index (χ3n) is 4.18. The van der Waals surface area contributed by atoms with E-state index in [0.717, 1.165) is 24.1 Å². The number of halogens is 2. The van der Waals surface area contributed by atoms with Crippen molar-refractivity contribution in [1.82, 2.24) is 0 Å². The van der Waals surface area contributed by atoms with Gasteiger partial charge in [-0.3, -0.25) is 4.79 Å². The van der Waals surface area contributed by atoms with Gasteiger partial charge >= 0.3 is 5.97 Å². The van der Waals surface area contributed by atoms with Gasteiger partial charge in [-0.05, 0) is 43.5 Å². The van der Waals surface area contributed by atoms with Crippen molar-refractivity contribution in [1.29, 1.82) is 0 Å². The summed E-state index contributed by atoms with van der Waals surface area (Å²) in [4.78, 5) is 26.8. The first-order valence-electron chi connectivity index (χ1n) is 8.03. The quantitative estimate of drug-likeness (QED) is 0.738. The maximum atomic E-state index is 12.8. The highest BCUT2D eigenvalue weighted by Gasteiger charge is 2.29. The van der Waals surface area contributed by atoms with Crippen LogP contribution < -0.4 is 4.90 Å². The van der Waals surface area contributed by atoms with Crippen LogP contribution in [0.4, 0.5) is 5.69 Å². The smallest absolute Gasteiger partial charge is 0.340 e. The first-order chi connectivity index (χ1) is 12.0. The second-order valence-corrected chi connectivity index (χ2v) is 6.66. The molecule has 130 valence electrons. The van der Waals surface area contributed by atoms with Crippen LogP contribution in [0.2, 0.25) is 10.0 Å². The molecule has 1 aliphatic heterocycles. The van der Waals surface area contributed by atoms with E-state index in [1.807, 2.05) is 24.3 Å². The van der Waals surface area contributed by atoms with Crippen LogP contribution in [-0.4, -0.2) is 24.5 Å². The third kappa shape index (κ3) is 3.65. The van der Waals surface area contributed by atoms with Gasteiger partial charge in [-0.25, -0.2) is 4.79 Å². The van der Waals surface area contributed by atoms with E-state index in [-0.39, 0.29) is 21.5 Å². The molecule has 25 heavy (non-hydrogen) atoms. The first-order valence-corrected chi connectivity index (χ1v) is 8.79. The Morgan fingerprint density at radius 3 is 2.68 bits per heavy atom. The molecule has 0 unspecified atom stereocenters. The highest BCUT2D eigenvalue weighted by Crippen LogP contribution is 2.29. The van der Waals surface area contributed by atoms with Crippen LogP contribution in [0.3, 0.4) is 0 Å². The minimum Gasteiger partial charge on any atom is -0.449 e. The number of para-hydroxylation sites is 1. The summed E-state index contributed by atoms with van der Waals surface area (Å²) in [5.41, 5.74) is 2.15. The summed E-state index contributed by atoms with van der Waals surface area (Å²) in [6.07, 6.45) is 0.893. The van der Waals surface area contributed by atoms with E-state index in [4.69, 9.17) is 27.9 Å². The summed E-state index contributed by atoms with van der Waals surface area (Å²) in [5.74, 6) is -0.919. The van der Waals surface area contributed by atoms with Crippen molar-refractivity contribution >= 4 is 40.8 Å². The second-order valence-electron chi connectivity index (χ2n) is 5.87. The molecule has 2 aromatic rings. The van der Waals surface area contributed by atoms with Crippen molar-refractivity contribution in [3.63, 3.8) is 0 Å². The predicted octanol–water partition coefficient (Wildman–Crippen LogP) is 4.52. The molecule has 1 amide bonds. The number of amides is 1. The van der Waals surface area contributed by atoms with Crippen LogP contribution in [0.15, 0.2) is 42.5 Å². The van der Waals surface area contributed by atoms with Gasteiger partial charge in [-0.15, -0.1) is 0 Å². The molecule has 6 heteroatoms. The maximum absolute atomic E-state index is 12.8. The molecule has 0 fully saturated rings. The molecule has 1 aliphatic rings. The summed E-state index contributed by atoms with van der Waals surface area (Å²) >= 11 is 12.0. The van der Waals surface area contributed by atoms with Gasteiger partial charge in [0, 0.05) is 12.2 Å². The maximum Gasteiger partial charge on any atom is 0.340 e. The van der Waals surface area contributed by atoms with Crippen LogP contribution in [0.1, 0.15) is 29.3 Å². The number of anilines is 1. The lowest BCUT2D eigenvalue weighted by Crippen LogP contribution is -2.42. The normalized spacial score (nSPS) is 14.6. The van der Waals surface area contributed by atoms with Crippen molar-refractivity contribution in [3.8, 4) is 0 Å². The van der Waals surface area contributed by atoms with Crippen LogP contribution in [0.5, 0.6) is 0 Å². The van der Waals surface area contributed by atoms with Crippen molar-refractivity contribution in [2.45, 2.75) is 25.9 Å². The monoisotopic (exact) mass is 377 g/mol. The Hall–Kier alpha value is -2.04. The van der Waals surface area contributed by atoms with E-state index >= 15 is 0 Å². The van der Waals surface area contributed by atoms with Crippen molar-refractivity contribution in [2.75, 3.05) is 11.4 Å². The number of hydrogen-bond acceptors (Lipinski definition) is 3. The number of nitrogens with zero attached hydrogens (tertiary/aromatic N) is 1. The van der Waals surface area contributed by atoms with Crippen LogP contribution >= 0.6 is 23.2 Å². The van der Waals surface area contributed by atoms with Gasteiger partial charge in [-0.1, -0.05) is 47.5 Å². The zero-order chi connectivity index (χ0) is 18.0. The average Bonchev–Trinajstić information content (AvgIpc) is 2.62. The number of fused-ring (bicyclic) bond motifs is 1. The molecular formula is C19H17Cl2NO3. The number of rotatable bonds is 3. The lowest BCUT2D eigenvalue weighted by atomic mass is 10.0. The number of esters is 1. The van der Waals surface area contributed by atoms with E-state index in [1.165, 1.54) is 6.07 Å². The van der Waals surface area contributed by atoms with Gasteiger partial charge in [0.05, 0.1) is 15.6 Å². The Balaban J connectivity index is 1.76. The van der Waals surface area contributed by atoms with Crippen LogP contribution in [-0.2, 0) is 16.0 Å². The number of hydrogen-bond donors (Lipinski definition) is 0. The van der Waals surface area contributed by atoms with Gasteiger partial charge < -0.3 is 9.64 Å². The molecule has 0 spiro atoms. The fourth-order valence-electron chi connectivity index (χ4n) is 2.92. The summed E-state index contributed by atoms with van der Waals surface area (Å²) in [6.45, 7) is 2.17. The molecule has 0 saturated heterocycles. The summed E-state index contributed by atoms with van der Waals surface area (Å²) in [5, 5.41) is 0.386. The molecule has 4 nitrogen and oxygen atoms in total. The Morgan fingerprint density at radius 2 is 1.88 bits per heavy atom. The number of aryl methyl sites for hydroxylation is 1. The molecule has 0 aliphatic carbocycles. The van der Waals surface area contributed by atoms with E-state index in [9.17, 15) is 9.59 Å². The lowest BCUT2D eigenvalue weighted by molar-refractivity contribution is -0.126. The Bertz CT molecular complexity index is 822. The number of ether oxygens (including phenoxy) is 1. The van der Waals surface area contributed by atoms with E-state index in [0.29, 0.717) is 6.54 Å². The van der Waals surface area contributed by atoms with E-state index in [1.54, 1.807) is 24.0 Å². The fraction of sp³-hybridized carbons (Fsp3) is 0.263. The second kappa shape index (κ2) is 7.46. The molecule has 0 bridgehead atoms. The highest BCUT2D eigenvalue weighted by molar-refractivity contribution is 6.43. The summed E-state index contributed by atoms with van der Waals surface area (Å²) in [6, 6.07) is 12.5. The van der Waals surface area contributed by atoms with E-state index < -0.39 is 12.1 Å². The minimum atomic E-state index is -0.922. The van der Waals surface area contributed by atoms with Crippen molar-refractivity contribution in [3.05, 3.63) is 63.6 Å². The largest absolute Gasteiger partial charge is 0.449 e. The van der Waals surface area contributed by atoms with E-state index in [2.05, 4.69) is 0 Å². The molecular weight excluding hydrogens is 361 g/mol. The molecule has 0 N–H and O–H groups in total. The number of carbonyl (C=O) groups excluding carboxylic acids is 2. The zero-order valence-electron chi connectivity index (χ0n) is 13.7. The van der Waals surface area contributed by atoms with Crippen molar-refractivity contribution in [2.24, 2.45) is 0 Å². The lowest BCUT2D eigenvalue weighted by Gasteiger charge is -2.31. The molecule has 1 atom stereocenters. The zero-order valence-corrected chi connectivity index (χ0v) is 15.2. The summed E-state index contributed by atoms with van der Waals surface area (Å²) in [7, 11) is 0. The third-order valence-corrected chi connectivity index (χ3v) is 5.00. The van der Waals surface area contributed by atoms with Gasteiger partial charge in [0.15, 0.2) is 6.10 Å². The summed E-state index contributed by atoms with van der Waals surface area (Å²) < 4.78 is 5.33. The van der Waals surface area contributed by atoms with Crippen LogP contribution in [0, 0.1) is 0 Å². The molecule has 0 aromatic heterocycles. The SMILES string of the molecule is C[C@@H](OC(=O)c1cccc(Cl)c1Cl)C(=O)N1CCCc2ccccc21. The predicted molar refractivity (Wildman–Crippen MR) is 98.5 cm³/mol. The molecule has 0 radical (unpaired) electrons. The average molecular weight is 378 g/mol. The number of benzene rings is 2. The molecule has 0 saturated carbocycles. The minimum absolute atomic E-state index is 0.122. The molecule has 3 rings (SSSR count). The van der Waals surface area contributed by atoms with Gasteiger partial charge in [0.25, 0.3) is 5.91 Å². The molecule has 1 heterocycles. The van der Waals surface area contributed by atoms with Crippen LogP contribution in [0.25, 0.3) is 0 Å². The topological polar surface area (TPSA) is 46.6 Å². The van der Waals surface area contributed by atoms with Crippen molar-refractivity contribution < 1.29 is 14.3 Å². The number of carbonyl (C=O) groups is 2. The fourth-order valence-corrected chi connectivity index (χ4v) is 3.30.